The quantitative estimate of drug-likeness (QED) is 0.786. The first-order valence-corrected chi connectivity index (χ1v) is 8.22. The first kappa shape index (κ1) is 19.1. The smallest absolute Gasteiger partial charge is 0.241 e. The van der Waals surface area contributed by atoms with Gasteiger partial charge in [0.05, 0.1) is 6.04 Å². The van der Waals surface area contributed by atoms with E-state index in [1.54, 1.807) is 55.3 Å². The fourth-order valence-corrected chi connectivity index (χ4v) is 2.53. The lowest BCUT2D eigenvalue weighted by Crippen LogP contribution is -2.39. The van der Waals surface area contributed by atoms with E-state index in [9.17, 15) is 14.0 Å². The fraction of sp³-hybridized carbons (Fsp3) is 0.263. The number of anilines is 1. The average molecular weight is 363 g/mol. The van der Waals surface area contributed by atoms with E-state index in [0.29, 0.717) is 21.8 Å². The highest BCUT2D eigenvalue weighted by molar-refractivity contribution is 6.31. The van der Waals surface area contributed by atoms with Gasteiger partial charge in [-0.05, 0) is 57.3 Å². The normalized spacial score (nSPS) is 12.1. The number of carbonyl (C=O) groups excluding carboxylic acids is 2. The van der Waals surface area contributed by atoms with Gasteiger partial charge in [0.25, 0.3) is 0 Å². The predicted octanol–water partition coefficient (Wildman–Crippen LogP) is 4.14. The van der Waals surface area contributed by atoms with Gasteiger partial charge < -0.3 is 5.32 Å². The summed E-state index contributed by atoms with van der Waals surface area (Å²) in [5.74, 6) is -0.662. The van der Waals surface area contributed by atoms with Gasteiger partial charge in [-0.2, -0.15) is 0 Å². The van der Waals surface area contributed by atoms with Gasteiger partial charge in [-0.15, -0.1) is 0 Å². The molecule has 132 valence electrons. The summed E-state index contributed by atoms with van der Waals surface area (Å²) in [7, 11) is 1.73. The summed E-state index contributed by atoms with van der Waals surface area (Å²) in [5.41, 5.74) is 1.54. The van der Waals surface area contributed by atoms with Crippen molar-refractivity contribution in [3.63, 3.8) is 0 Å². The fourth-order valence-electron chi connectivity index (χ4n) is 2.30. The molecule has 1 atom stereocenters. The summed E-state index contributed by atoms with van der Waals surface area (Å²) in [6.07, 6.45) is 0. The summed E-state index contributed by atoms with van der Waals surface area (Å²) >= 11 is 6.03. The third kappa shape index (κ3) is 4.87. The van der Waals surface area contributed by atoms with Crippen LogP contribution in [0.1, 0.15) is 29.8 Å². The van der Waals surface area contributed by atoms with Crippen LogP contribution in [0.2, 0.25) is 5.02 Å². The van der Waals surface area contributed by atoms with Gasteiger partial charge >= 0.3 is 0 Å². The van der Waals surface area contributed by atoms with Crippen molar-refractivity contribution < 1.29 is 14.0 Å². The molecule has 0 spiro atoms. The Morgan fingerprint density at radius 1 is 1.20 bits per heavy atom. The van der Waals surface area contributed by atoms with E-state index >= 15 is 0 Å². The van der Waals surface area contributed by atoms with E-state index in [1.165, 1.54) is 13.0 Å². The molecule has 0 aliphatic carbocycles. The SMILES string of the molecule is CC(=O)c1ccc(NC(=O)[C@@H](C)N(C)Cc2c(F)cccc2Cl)cc1. The Morgan fingerprint density at radius 2 is 1.84 bits per heavy atom. The highest BCUT2D eigenvalue weighted by atomic mass is 35.5. The number of rotatable bonds is 6. The van der Waals surface area contributed by atoms with Gasteiger partial charge in [-0.1, -0.05) is 17.7 Å². The number of likely N-dealkylation sites (N-methyl/N-ethyl adjacent to an activating group) is 1. The number of halogens is 2. The molecule has 2 aromatic rings. The van der Waals surface area contributed by atoms with Crippen LogP contribution in [0.25, 0.3) is 0 Å². The second kappa shape index (κ2) is 8.23. The molecule has 0 saturated heterocycles. The number of ketones is 1. The molecule has 1 N–H and O–H groups in total. The third-order valence-corrected chi connectivity index (χ3v) is 4.42. The molecule has 0 saturated carbocycles. The number of carbonyl (C=O) groups is 2. The van der Waals surface area contributed by atoms with Crippen LogP contribution >= 0.6 is 11.6 Å². The molecule has 0 radical (unpaired) electrons. The van der Waals surface area contributed by atoms with E-state index in [2.05, 4.69) is 5.32 Å². The van der Waals surface area contributed by atoms with Crippen molar-refractivity contribution in [3.05, 3.63) is 64.4 Å². The minimum absolute atomic E-state index is 0.0345. The molecule has 25 heavy (non-hydrogen) atoms. The molecule has 2 rings (SSSR count). The molecule has 2 aromatic carbocycles. The van der Waals surface area contributed by atoms with Crippen molar-refractivity contribution in [1.29, 1.82) is 0 Å². The van der Waals surface area contributed by atoms with Crippen molar-refractivity contribution in [1.82, 2.24) is 4.90 Å². The Balaban J connectivity index is 2.02. The predicted molar refractivity (Wildman–Crippen MR) is 97.4 cm³/mol. The monoisotopic (exact) mass is 362 g/mol. The topological polar surface area (TPSA) is 49.4 Å². The van der Waals surface area contributed by atoms with Crippen LogP contribution in [0.15, 0.2) is 42.5 Å². The lowest BCUT2D eigenvalue weighted by Gasteiger charge is -2.24. The maximum atomic E-state index is 13.9. The first-order valence-electron chi connectivity index (χ1n) is 7.84. The summed E-state index contributed by atoms with van der Waals surface area (Å²) in [6, 6.07) is 10.7. The zero-order chi connectivity index (χ0) is 18.6. The minimum Gasteiger partial charge on any atom is -0.325 e. The van der Waals surface area contributed by atoms with Crippen molar-refractivity contribution in [2.75, 3.05) is 12.4 Å². The molecule has 4 nitrogen and oxygen atoms in total. The molecular formula is C19H20ClFN2O2. The molecule has 0 aliphatic rings. The van der Waals surface area contributed by atoms with Crippen molar-refractivity contribution >= 4 is 29.0 Å². The Kier molecular flexibility index (Phi) is 6.28. The Bertz CT molecular complexity index is 757. The highest BCUT2D eigenvalue weighted by Gasteiger charge is 2.20. The highest BCUT2D eigenvalue weighted by Crippen LogP contribution is 2.21. The molecule has 0 heterocycles. The maximum Gasteiger partial charge on any atom is 0.241 e. The van der Waals surface area contributed by atoms with Gasteiger partial charge in [0, 0.05) is 28.4 Å². The Labute approximate surface area is 151 Å². The standard InChI is InChI=1S/C19H20ClFN2O2/c1-12(23(3)11-16-17(20)5-4-6-18(16)21)19(25)22-15-9-7-14(8-10-15)13(2)24/h4-10,12H,11H2,1-3H3,(H,22,25)/t12-/m1/s1. The second-order valence-electron chi connectivity index (χ2n) is 5.91. The van der Waals surface area contributed by atoms with Crippen LogP contribution in [0.3, 0.4) is 0 Å². The minimum atomic E-state index is -0.497. The molecule has 0 fully saturated rings. The third-order valence-electron chi connectivity index (χ3n) is 4.07. The number of hydrogen-bond acceptors (Lipinski definition) is 3. The number of Topliss-reactive ketones (excluding diaryl/α,β-unsaturated/α-hetero) is 1. The van der Waals surface area contributed by atoms with Gasteiger partial charge in [0.2, 0.25) is 5.91 Å². The zero-order valence-electron chi connectivity index (χ0n) is 14.3. The van der Waals surface area contributed by atoms with E-state index in [1.807, 2.05) is 0 Å². The molecule has 0 aliphatic heterocycles. The number of hydrogen-bond donors (Lipinski definition) is 1. The largest absolute Gasteiger partial charge is 0.325 e. The van der Waals surface area contributed by atoms with E-state index < -0.39 is 11.9 Å². The van der Waals surface area contributed by atoms with Crippen LogP contribution in [-0.4, -0.2) is 29.7 Å². The molecule has 0 unspecified atom stereocenters. The number of nitrogens with zero attached hydrogens (tertiary/aromatic N) is 1. The molecule has 6 heteroatoms. The van der Waals surface area contributed by atoms with Gasteiger partial charge in [0.1, 0.15) is 5.82 Å². The van der Waals surface area contributed by atoms with Crippen LogP contribution < -0.4 is 5.32 Å². The lowest BCUT2D eigenvalue weighted by atomic mass is 10.1. The van der Waals surface area contributed by atoms with Gasteiger partial charge in [-0.25, -0.2) is 4.39 Å². The van der Waals surface area contributed by atoms with Crippen LogP contribution in [0, 0.1) is 5.82 Å². The van der Waals surface area contributed by atoms with Gasteiger partial charge in [0.15, 0.2) is 5.78 Å². The number of benzene rings is 2. The maximum absolute atomic E-state index is 13.9. The summed E-state index contributed by atoms with van der Waals surface area (Å²) < 4.78 is 13.9. The van der Waals surface area contributed by atoms with Crippen molar-refractivity contribution in [3.8, 4) is 0 Å². The number of amides is 1. The van der Waals surface area contributed by atoms with E-state index in [4.69, 9.17) is 11.6 Å². The molecular weight excluding hydrogens is 343 g/mol. The first-order chi connectivity index (χ1) is 11.8. The average Bonchev–Trinajstić information content (AvgIpc) is 2.57. The summed E-state index contributed by atoms with van der Waals surface area (Å²) in [5, 5.41) is 3.12. The Hall–Kier alpha value is -2.24. The molecule has 1 amide bonds. The number of nitrogens with one attached hydrogen (secondary N) is 1. The van der Waals surface area contributed by atoms with Crippen LogP contribution in [0.4, 0.5) is 10.1 Å². The second-order valence-corrected chi connectivity index (χ2v) is 6.32. The van der Waals surface area contributed by atoms with Crippen LogP contribution in [0.5, 0.6) is 0 Å². The lowest BCUT2D eigenvalue weighted by molar-refractivity contribution is -0.120. The summed E-state index contributed by atoms with van der Waals surface area (Å²) in [4.78, 5) is 25.4. The Morgan fingerprint density at radius 3 is 2.40 bits per heavy atom. The van der Waals surface area contributed by atoms with E-state index in [0.717, 1.165) is 0 Å². The molecule has 0 bridgehead atoms. The van der Waals surface area contributed by atoms with Crippen LogP contribution in [-0.2, 0) is 11.3 Å². The van der Waals surface area contributed by atoms with Crippen molar-refractivity contribution in [2.24, 2.45) is 0 Å². The van der Waals surface area contributed by atoms with E-state index in [-0.39, 0.29) is 18.2 Å². The molecule has 0 aromatic heterocycles. The summed E-state index contributed by atoms with van der Waals surface area (Å²) in [6.45, 7) is 3.43. The van der Waals surface area contributed by atoms with Crippen molar-refractivity contribution in [2.45, 2.75) is 26.4 Å². The van der Waals surface area contributed by atoms with Gasteiger partial charge in [-0.3, -0.25) is 14.5 Å². The zero-order valence-corrected chi connectivity index (χ0v) is 15.1.